The molecule has 0 aliphatic carbocycles. The van der Waals surface area contributed by atoms with E-state index in [1.165, 1.54) is 23.4 Å². The number of amides is 2. The van der Waals surface area contributed by atoms with Gasteiger partial charge in [0.05, 0.1) is 0 Å². The van der Waals surface area contributed by atoms with Crippen molar-refractivity contribution in [2.24, 2.45) is 5.73 Å². The minimum Gasteiger partial charge on any atom is -0.368 e. The van der Waals surface area contributed by atoms with Crippen LogP contribution < -0.4 is 11.2 Å². The first-order valence-electron chi connectivity index (χ1n) is 5.88. The van der Waals surface area contributed by atoms with Gasteiger partial charge in [0.1, 0.15) is 11.6 Å². The van der Waals surface area contributed by atoms with Gasteiger partial charge >= 0.3 is 0 Å². The standard InChI is InChI=1S/C12H15N3O3/c13-11(17)9-3-1-2-6-15(9)12(18)8-7-14-5-4-10(8)16/h4-5,7,9H,1-3,6H2,(H2,13,17)(H,14,16). The molecule has 1 aromatic heterocycles. The maximum Gasteiger partial charge on any atom is 0.259 e. The fourth-order valence-corrected chi connectivity index (χ4v) is 2.21. The van der Waals surface area contributed by atoms with Gasteiger partial charge in [-0.1, -0.05) is 0 Å². The van der Waals surface area contributed by atoms with Crippen molar-refractivity contribution < 1.29 is 9.59 Å². The first-order valence-corrected chi connectivity index (χ1v) is 5.88. The van der Waals surface area contributed by atoms with Gasteiger partial charge in [-0.2, -0.15) is 0 Å². The van der Waals surface area contributed by atoms with E-state index in [9.17, 15) is 14.4 Å². The van der Waals surface area contributed by atoms with E-state index in [0.29, 0.717) is 13.0 Å². The quantitative estimate of drug-likeness (QED) is 0.763. The number of hydrogen-bond acceptors (Lipinski definition) is 3. The fourth-order valence-electron chi connectivity index (χ4n) is 2.21. The van der Waals surface area contributed by atoms with Crippen LogP contribution >= 0.6 is 0 Å². The zero-order valence-corrected chi connectivity index (χ0v) is 9.89. The molecule has 0 spiro atoms. The second-order valence-corrected chi connectivity index (χ2v) is 4.33. The Morgan fingerprint density at radius 3 is 2.83 bits per heavy atom. The average molecular weight is 249 g/mol. The summed E-state index contributed by atoms with van der Waals surface area (Å²) in [5, 5.41) is 0. The molecular weight excluding hydrogens is 234 g/mol. The normalized spacial score (nSPS) is 19.6. The van der Waals surface area contributed by atoms with Crippen molar-refractivity contribution in [1.29, 1.82) is 0 Å². The molecule has 0 saturated carbocycles. The molecule has 1 unspecified atom stereocenters. The van der Waals surface area contributed by atoms with Gasteiger partial charge in [0.15, 0.2) is 5.43 Å². The number of pyridine rings is 1. The molecule has 6 heteroatoms. The Morgan fingerprint density at radius 1 is 1.39 bits per heavy atom. The molecule has 0 aromatic carbocycles. The summed E-state index contributed by atoms with van der Waals surface area (Å²) < 4.78 is 0. The van der Waals surface area contributed by atoms with Gasteiger partial charge in [0.2, 0.25) is 5.91 Å². The molecular formula is C12H15N3O3. The van der Waals surface area contributed by atoms with E-state index in [2.05, 4.69) is 4.98 Å². The minimum absolute atomic E-state index is 0.0469. The topological polar surface area (TPSA) is 96.3 Å². The van der Waals surface area contributed by atoms with Crippen LogP contribution in [0.1, 0.15) is 29.6 Å². The smallest absolute Gasteiger partial charge is 0.259 e. The maximum absolute atomic E-state index is 12.2. The number of primary amides is 1. The van der Waals surface area contributed by atoms with E-state index in [0.717, 1.165) is 12.8 Å². The van der Waals surface area contributed by atoms with Crippen molar-refractivity contribution in [1.82, 2.24) is 9.88 Å². The molecule has 1 fully saturated rings. The number of nitrogens with one attached hydrogen (secondary N) is 1. The Hall–Kier alpha value is -2.11. The summed E-state index contributed by atoms with van der Waals surface area (Å²) >= 11 is 0. The lowest BCUT2D eigenvalue weighted by atomic mass is 10.0. The summed E-state index contributed by atoms with van der Waals surface area (Å²) in [7, 11) is 0. The molecule has 1 aromatic rings. The highest BCUT2D eigenvalue weighted by Crippen LogP contribution is 2.18. The molecule has 18 heavy (non-hydrogen) atoms. The third-order valence-electron chi connectivity index (χ3n) is 3.15. The van der Waals surface area contributed by atoms with Crippen molar-refractivity contribution in [2.75, 3.05) is 6.54 Å². The molecule has 1 atom stereocenters. The largest absolute Gasteiger partial charge is 0.368 e. The van der Waals surface area contributed by atoms with Gasteiger partial charge in [-0.25, -0.2) is 0 Å². The van der Waals surface area contributed by atoms with Gasteiger partial charge in [0, 0.05) is 25.0 Å². The first-order chi connectivity index (χ1) is 8.61. The number of piperidine rings is 1. The summed E-state index contributed by atoms with van der Waals surface area (Å²) in [5.41, 5.74) is 4.99. The molecule has 6 nitrogen and oxygen atoms in total. The van der Waals surface area contributed by atoms with Crippen LogP contribution in [-0.2, 0) is 4.79 Å². The second kappa shape index (κ2) is 5.03. The lowest BCUT2D eigenvalue weighted by Gasteiger charge is -2.33. The summed E-state index contributed by atoms with van der Waals surface area (Å²) in [4.78, 5) is 39.3. The van der Waals surface area contributed by atoms with Gasteiger partial charge in [-0.15, -0.1) is 0 Å². The number of carbonyl (C=O) groups is 2. The van der Waals surface area contributed by atoms with Crippen molar-refractivity contribution in [2.45, 2.75) is 25.3 Å². The number of likely N-dealkylation sites (tertiary alicyclic amines) is 1. The molecule has 1 aliphatic heterocycles. The predicted octanol–water partition coefficient (Wildman–Crippen LogP) is -0.145. The lowest BCUT2D eigenvalue weighted by molar-refractivity contribution is -0.123. The van der Waals surface area contributed by atoms with Gasteiger partial charge in [-0.05, 0) is 19.3 Å². The SMILES string of the molecule is NC(=O)C1CCCCN1C(=O)c1c[nH]ccc1=O. The van der Waals surface area contributed by atoms with Crippen molar-refractivity contribution in [3.63, 3.8) is 0 Å². The fraction of sp³-hybridized carbons (Fsp3) is 0.417. The Bertz CT molecular complexity index is 523. The molecule has 2 rings (SSSR count). The molecule has 2 amide bonds. The number of nitrogens with zero attached hydrogens (tertiary/aromatic N) is 1. The number of H-pyrrole nitrogens is 1. The highest BCUT2D eigenvalue weighted by molar-refractivity contribution is 5.97. The zero-order chi connectivity index (χ0) is 13.1. The third kappa shape index (κ3) is 2.27. The van der Waals surface area contributed by atoms with Crippen LogP contribution in [0.4, 0.5) is 0 Å². The summed E-state index contributed by atoms with van der Waals surface area (Å²) in [6.45, 7) is 0.459. The highest BCUT2D eigenvalue weighted by Gasteiger charge is 2.31. The Balaban J connectivity index is 2.29. The summed E-state index contributed by atoms with van der Waals surface area (Å²) in [6.07, 6.45) is 5.06. The number of rotatable bonds is 2. The molecule has 1 saturated heterocycles. The summed E-state index contributed by atoms with van der Waals surface area (Å²) in [6, 6.07) is 0.682. The van der Waals surface area contributed by atoms with Gasteiger partial charge in [-0.3, -0.25) is 14.4 Å². The van der Waals surface area contributed by atoms with E-state index in [1.807, 2.05) is 0 Å². The van der Waals surface area contributed by atoms with E-state index in [-0.39, 0.29) is 11.0 Å². The van der Waals surface area contributed by atoms with Gasteiger partial charge in [0.25, 0.3) is 5.91 Å². The van der Waals surface area contributed by atoms with Crippen LogP contribution in [0, 0.1) is 0 Å². The van der Waals surface area contributed by atoms with Crippen LogP contribution in [0.5, 0.6) is 0 Å². The Kier molecular flexibility index (Phi) is 3.45. The Morgan fingerprint density at radius 2 is 2.17 bits per heavy atom. The van der Waals surface area contributed by atoms with Crippen molar-refractivity contribution in [3.05, 3.63) is 34.2 Å². The van der Waals surface area contributed by atoms with Crippen LogP contribution in [0.3, 0.4) is 0 Å². The van der Waals surface area contributed by atoms with E-state index in [1.54, 1.807) is 0 Å². The van der Waals surface area contributed by atoms with Gasteiger partial charge < -0.3 is 15.6 Å². The molecule has 0 bridgehead atoms. The lowest BCUT2D eigenvalue weighted by Crippen LogP contribution is -2.51. The van der Waals surface area contributed by atoms with Crippen LogP contribution in [0.25, 0.3) is 0 Å². The number of hydrogen-bond donors (Lipinski definition) is 2. The minimum atomic E-state index is -0.606. The monoisotopic (exact) mass is 249 g/mol. The van der Waals surface area contributed by atoms with Crippen LogP contribution in [0.2, 0.25) is 0 Å². The number of aromatic amines is 1. The number of carbonyl (C=O) groups excluding carboxylic acids is 2. The van der Waals surface area contributed by atoms with Crippen molar-refractivity contribution in [3.8, 4) is 0 Å². The highest BCUT2D eigenvalue weighted by atomic mass is 16.2. The predicted molar refractivity (Wildman–Crippen MR) is 64.9 cm³/mol. The molecule has 0 radical (unpaired) electrons. The van der Waals surface area contributed by atoms with E-state index >= 15 is 0 Å². The molecule has 1 aliphatic rings. The maximum atomic E-state index is 12.2. The van der Waals surface area contributed by atoms with Crippen LogP contribution in [0.15, 0.2) is 23.3 Å². The average Bonchev–Trinajstić information content (AvgIpc) is 2.38. The number of aromatic nitrogens is 1. The second-order valence-electron chi connectivity index (χ2n) is 4.33. The van der Waals surface area contributed by atoms with E-state index in [4.69, 9.17) is 5.73 Å². The third-order valence-corrected chi connectivity index (χ3v) is 3.15. The van der Waals surface area contributed by atoms with E-state index < -0.39 is 17.9 Å². The zero-order valence-electron chi connectivity index (χ0n) is 9.89. The first kappa shape index (κ1) is 12.3. The molecule has 96 valence electrons. The molecule has 2 heterocycles. The Labute approximate surface area is 104 Å². The molecule has 3 N–H and O–H groups in total. The van der Waals surface area contributed by atoms with Crippen molar-refractivity contribution >= 4 is 11.8 Å². The summed E-state index contributed by atoms with van der Waals surface area (Å²) in [5.74, 6) is -0.948. The number of nitrogens with two attached hydrogens (primary N) is 1. The van der Waals surface area contributed by atoms with Crippen LogP contribution in [-0.4, -0.2) is 34.3 Å².